The highest BCUT2D eigenvalue weighted by atomic mass is 14.9. The van der Waals surface area contributed by atoms with Crippen molar-refractivity contribution in [2.24, 2.45) is 23.7 Å². The molecule has 6 rings (SSSR count). The van der Waals surface area contributed by atoms with Crippen molar-refractivity contribution < 1.29 is 0 Å². The summed E-state index contributed by atoms with van der Waals surface area (Å²) in [7, 11) is 0. The molecule has 1 aromatic heterocycles. The van der Waals surface area contributed by atoms with E-state index in [-0.39, 0.29) is 0 Å². The number of hydrogen-bond donors (Lipinski definition) is 2. The van der Waals surface area contributed by atoms with E-state index in [1.54, 1.807) is 6.42 Å². The van der Waals surface area contributed by atoms with Crippen LogP contribution in [0, 0.1) is 23.7 Å². The van der Waals surface area contributed by atoms with Gasteiger partial charge in [-0.1, -0.05) is 18.2 Å². The number of aromatic nitrogens is 1. The van der Waals surface area contributed by atoms with E-state index in [1.807, 2.05) is 0 Å². The van der Waals surface area contributed by atoms with E-state index in [1.165, 1.54) is 42.1 Å². The molecule has 0 saturated heterocycles. The van der Waals surface area contributed by atoms with Gasteiger partial charge in [0.1, 0.15) is 0 Å². The third kappa shape index (κ3) is 1.96. The minimum absolute atomic E-state index is 0.784. The van der Waals surface area contributed by atoms with E-state index < -0.39 is 0 Å². The molecular formula is C19H24N2. The fourth-order valence-electron chi connectivity index (χ4n) is 5.76. The highest BCUT2D eigenvalue weighted by Gasteiger charge is 2.47. The van der Waals surface area contributed by atoms with E-state index in [4.69, 9.17) is 0 Å². The molecule has 0 unspecified atom stereocenters. The molecular weight excluding hydrogens is 256 g/mol. The second-order valence-electron chi connectivity index (χ2n) is 7.70. The molecule has 0 radical (unpaired) electrons. The lowest BCUT2D eigenvalue weighted by Crippen LogP contribution is -2.54. The molecule has 2 N–H and O–H groups in total. The SMILES string of the molecule is c1ccc2c(CNC3C4CC5CC(C4)CC3C5)c[nH]c2c1. The van der Waals surface area contributed by atoms with E-state index in [0.717, 1.165) is 36.3 Å². The Kier molecular flexibility index (Phi) is 2.69. The quantitative estimate of drug-likeness (QED) is 0.871. The third-order valence-electron chi connectivity index (χ3n) is 6.43. The van der Waals surface area contributed by atoms with Crippen LogP contribution < -0.4 is 5.32 Å². The van der Waals surface area contributed by atoms with Gasteiger partial charge >= 0.3 is 0 Å². The molecule has 4 aliphatic carbocycles. The Balaban J connectivity index is 1.34. The van der Waals surface area contributed by atoms with Gasteiger partial charge in [0.25, 0.3) is 0 Å². The van der Waals surface area contributed by atoms with E-state index >= 15 is 0 Å². The summed E-state index contributed by atoms with van der Waals surface area (Å²) in [6.45, 7) is 1.02. The molecule has 1 heterocycles. The summed E-state index contributed by atoms with van der Waals surface area (Å²) < 4.78 is 0. The number of para-hydroxylation sites is 1. The lowest BCUT2D eigenvalue weighted by atomic mass is 9.54. The van der Waals surface area contributed by atoms with E-state index in [2.05, 4.69) is 40.8 Å². The van der Waals surface area contributed by atoms with Crippen LogP contribution in [0.2, 0.25) is 0 Å². The number of benzene rings is 1. The fraction of sp³-hybridized carbons (Fsp3) is 0.579. The van der Waals surface area contributed by atoms with Crippen molar-refractivity contribution in [1.29, 1.82) is 0 Å². The molecule has 21 heavy (non-hydrogen) atoms. The van der Waals surface area contributed by atoms with Crippen molar-refractivity contribution in [3.63, 3.8) is 0 Å². The van der Waals surface area contributed by atoms with Crippen LogP contribution in [0.1, 0.15) is 37.7 Å². The van der Waals surface area contributed by atoms with Crippen LogP contribution >= 0.6 is 0 Å². The van der Waals surface area contributed by atoms with Gasteiger partial charge in [-0.15, -0.1) is 0 Å². The predicted molar refractivity (Wildman–Crippen MR) is 86.0 cm³/mol. The first-order valence-corrected chi connectivity index (χ1v) is 8.65. The molecule has 0 aliphatic heterocycles. The van der Waals surface area contributed by atoms with Gasteiger partial charge in [0.15, 0.2) is 0 Å². The molecule has 0 atom stereocenters. The number of aromatic amines is 1. The van der Waals surface area contributed by atoms with Crippen LogP contribution in [0.4, 0.5) is 0 Å². The first-order chi connectivity index (χ1) is 10.4. The van der Waals surface area contributed by atoms with Crippen LogP contribution in [0.5, 0.6) is 0 Å². The highest BCUT2D eigenvalue weighted by Crippen LogP contribution is 2.53. The minimum atomic E-state index is 0.784. The number of H-pyrrole nitrogens is 1. The van der Waals surface area contributed by atoms with Crippen LogP contribution in [-0.2, 0) is 6.54 Å². The first kappa shape index (κ1) is 12.3. The van der Waals surface area contributed by atoms with Gasteiger partial charge in [-0.2, -0.15) is 0 Å². The topological polar surface area (TPSA) is 27.8 Å². The molecule has 1 aromatic carbocycles. The summed E-state index contributed by atoms with van der Waals surface area (Å²) in [5.41, 5.74) is 2.69. The third-order valence-corrected chi connectivity index (χ3v) is 6.43. The lowest BCUT2D eigenvalue weighted by Gasteiger charge is -2.54. The maximum Gasteiger partial charge on any atom is 0.0457 e. The van der Waals surface area contributed by atoms with Crippen LogP contribution in [0.25, 0.3) is 10.9 Å². The standard InChI is InChI=1S/C19H24N2/c1-2-4-18-17(3-1)16(10-20-18)11-21-19-14-6-12-5-13(8-14)9-15(19)7-12/h1-4,10,12-15,19-21H,5-9,11H2. The molecule has 0 spiro atoms. The van der Waals surface area contributed by atoms with Crippen molar-refractivity contribution in [3.05, 3.63) is 36.0 Å². The summed E-state index contributed by atoms with van der Waals surface area (Å²) >= 11 is 0. The zero-order chi connectivity index (χ0) is 13.8. The average Bonchev–Trinajstić information content (AvgIpc) is 2.89. The second kappa shape index (κ2) is 4.61. The summed E-state index contributed by atoms with van der Waals surface area (Å²) in [4.78, 5) is 3.40. The Morgan fingerprint density at radius 3 is 2.43 bits per heavy atom. The smallest absolute Gasteiger partial charge is 0.0457 e. The van der Waals surface area contributed by atoms with Crippen molar-refractivity contribution in [1.82, 2.24) is 10.3 Å². The Morgan fingerprint density at radius 2 is 1.67 bits per heavy atom. The van der Waals surface area contributed by atoms with Crippen LogP contribution in [-0.4, -0.2) is 11.0 Å². The highest BCUT2D eigenvalue weighted by molar-refractivity contribution is 5.82. The molecule has 2 heteroatoms. The minimum Gasteiger partial charge on any atom is -0.361 e. The van der Waals surface area contributed by atoms with Gasteiger partial charge in [-0.05, 0) is 67.4 Å². The van der Waals surface area contributed by atoms with Crippen LogP contribution in [0.3, 0.4) is 0 Å². The molecule has 2 nitrogen and oxygen atoms in total. The maximum atomic E-state index is 3.94. The van der Waals surface area contributed by atoms with Crippen LogP contribution in [0.15, 0.2) is 30.5 Å². The molecule has 4 saturated carbocycles. The van der Waals surface area contributed by atoms with Gasteiger partial charge in [0, 0.05) is 29.7 Å². The van der Waals surface area contributed by atoms with Gasteiger partial charge < -0.3 is 10.3 Å². The zero-order valence-corrected chi connectivity index (χ0v) is 12.5. The van der Waals surface area contributed by atoms with Crippen molar-refractivity contribution in [3.8, 4) is 0 Å². The zero-order valence-electron chi connectivity index (χ0n) is 12.5. The molecule has 0 amide bonds. The molecule has 4 bridgehead atoms. The summed E-state index contributed by atoms with van der Waals surface area (Å²) in [5, 5.41) is 5.32. The maximum absolute atomic E-state index is 3.94. The summed E-state index contributed by atoms with van der Waals surface area (Å²) in [6, 6.07) is 9.43. The Hall–Kier alpha value is -1.28. The van der Waals surface area contributed by atoms with Gasteiger partial charge in [-0.3, -0.25) is 0 Å². The lowest BCUT2D eigenvalue weighted by molar-refractivity contribution is -0.0142. The molecule has 2 aromatic rings. The van der Waals surface area contributed by atoms with Gasteiger partial charge in [-0.25, -0.2) is 0 Å². The summed E-state index contributed by atoms with van der Waals surface area (Å²) in [5.74, 6) is 4.06. The molecule has 4 fully saturated rings. The Morgan fingerprint density at radius 1 is 0.952 bits per heavy atom. The van der Waals surface area contributed by atoms with E-state index in [9.17, 15) is 0 Å². The summed E-state index contributed by atoms with van der Waals surface area (Å²) in [6.07, 6.45) is 9.73. The van der Waals surface area contributed by atoms with Gasteiger partial charge in [0.2, 0.25) is 0 Å². The largest absolute Gasteiger partial charge is 0.361 e. The second-order valence-corrected chi connectivity index (χ2v) is 7.70. The Labute approximate surface area is 126 Å². The van der Waals surface area contributed by atoms with E-state index in [0.29, 0.717) is 0 Å². The van der Waals surface area contributed by atoms with Crippen molar-refractivity contribution >= 4 is 10.9 Å². The number of rotatable bonds is 3. The van der Waals surface area contributed by atoms with Crippen molar-refractivity contribution in [2.75, 3.05) is 0 Å². The fourth-order valence-corrected chi connectivity index (χ4v) is 5.76. The Bertz CT molecular complexity index is 628. The molecule has 110 valence electrons. The monoisotopic (exact) mass is 280 g/mol. The first-order valence-electron chi connectivity index (χ1n) is 8.65. The number of fused-ring (bicyclic) bond motifs is 1. The number of hydrogen-bond acceptors (Lipinski definition) is 1. The normalized spacial score (nSPS) is 37.4. The van der Waals surface area contributed by atoms with Gasteiger partial charge in [0.05, 0.1) is 0 Å². The molecule has 4 aliphatic rings. The number of nitrogens with one attached hydrogen (secondary N) is 2. The van der Waals surface area contributed by atoms with Crippen molar-refractivity contribution in [2.45, 2.75) is 44.7 Å². The average molecular weight is 280 g/mol. The predicted octanol–water partition coefficient (Wildman–Crippen LogP) is 4.08.